The van der Waals surface area contributed by atoms with E-state index >= 15 is 0 Å². The minimum atomic E-state index is 0.601. The molecule has 0 aliphatic carbocycles. The zero-order valence-electron chi connectivity index (χ0n) is 3.87. The molecule has 0 heterocycles. The maximum Gasteiger partial charge on any atom is 0.0430 e. The van der Waals surface area contributed by atoms with Crippen molar-refractivity contribution in [1.29, 1.82) is 0 Å². The zero-order valence-corrected chi connectivity index (χ0v) is 4.63. The zero-order chi connectivity index (χ0) is 4.99. The molecule has 1 heteroatoms. The van der Waals surface area contributed by atoms with Crippen LogP contribution in [0, 0.1) is 6.92 Å². The second-order valence-corrected chi connectivity index (χ2v) is 1.45. The summed E-state index contributed by atoms with van der Waals surface area (Å²) in [6.07, 6.45) is 1.76. The molecule has 0 aromatic carbocycles. The number of alkyl halides is 1. The van der Waals surface area contributed by atoms with Gasteiger partial charge in [0.05, 0.1) is 0 Å². The largest absolute Gasteiger partial charge is 0.122 e. The minimum Gasteiger partial charge on any atom is -0.122 e. The van der Waals surface area contributed by atoms with E-state index in [2.05, 4.69) is 6.92 Å². The Balaban J connectivity index is 3.22. The molecule has 0 aromatic rings. The number of rotatable bonds is 1. The van der Waals surface area contributed by atoms with Crippen molar-refractivity contribution in [2.75, 3.05) is 5.88 Å². The molecule has 0 fully saturated rings. The summed E-state index contributed by atoms with van der Waals surface area (Å²) in [7, 11) is 0. The van der Waals surface area contributed by atoms with E-state index < -0.39 is 0 Å². The molecule has 0 spiro atoms. The summed E-state index contributed by atoms with van der Waals surface area (Å²) >= 11 is 5.34. The summed E-state index contributed by atoms with van der Waals surface area (Å²) in [4.78, 5) is 0. The lowest BCUT2D eigenvalue weighted by atomic mass is 10.3. The fraction of sp³-hybridized carbons (Fsp3) is 0.400. The van der Waals surface area contributed by atoms with E-state index in [0.29, 0.717) is 5.88 Å². The molecule has 0 aliphatic rings. The van der Waals surface area contributed by atoms with Gasteiger partial charge in [-0.25, -0.2) is 0 Å². The third-order valence-electron chi connectivity index (χ3n) is 0.559. The molecule has 0 rings (SSSR count). The Kier molecular flexibility index (Phi) is 3.24. The quantitative estimate of drug-likeness (QED) is 0.446. The van der Waals surface area contributed by atoms with Crippen molar-refractivity contribution in [2.24, 2.45) is 0 Å². The van der Waals surface area contributed by atoms with Crippen molar-refractivity contribution < 1.29 is 0 Å². The maximum absolute atomic E-state index is 5.34. The van der Waals surface area contributed by atoms with Gasteiger partial charge in [0.15, 0.2) is 0 Å². The molecule has 0 saturated heterocycles. The third kappa shape index (κ3) is 2.28. The van der Waals surface area contributed by atoms with Crippen molar-refractivity contribution in [2.45, 2.75) is 6.92 Å². The Hall–Kier alpha value is 0.0300. The van der Waals surface area contributed by atoms with Crippen LogP contribution >= 0.6 is 11.6 Å². The van der Waals surface area contributed by atoms with Crippen LogP contribution in [-0.4, -0.2) is 5.88 Å². The first-order valence-electron chi connectivity index (χ1n) is 1.82. The van der Waals surface area contributed by atoms with E-state index in [0.717, 1.165) is 5.57 Å². The Labute approximate surface area is 43.8 Å². The fourth-order valence-electron chi connectivity index (χ4n) is 0.0546. The summed E-state index contributed by atoms with van der Waals surface area (Å²) < 4.78 is 0. The third-order valence-corrected chi connectivity index (χ3v) is 0.981. The Bertz CT molecular complexity index is 55.0. The van der Waals surface area contributed by atoms with E-state index in [1.807, 2.05) is 6.92 Å². The van der Waals surface area contributed by atoms with E-state index in [4.69, 9.17) is 11.6 Å². The number of hydrogen-bond acceptors (Lipinski definition) is 0. The van der Waals surface area contributed by atoms with Gasteiger partial charge < -0.3 is 0 Å². The highest BCUT2D eigenvalue weighted by Crippen LogP contribution is 1.91. The molecular weight excluding hydrogens is 95.5 g/mol. The molecule has 0 N–H and O–H groups in total. The fourth-order valence-corrected chi connectivity index (χ4v) is 0.164. The van der Waals surface area contributed by atoms with Gasteiger partial charge in [0, 0.05) is 5.88 Å². The summed E-state index contributed by atoms with van der Waals surface area (Å²) in [6, 6.07) is 0. The van der Waals surface area contributed by atoms with Crippen LogP contribution in [0.1, 0.15) is 6.92 Å². The lowest BCUT2D eigenvalue weighted by Gasteiger charge is -1.82. The average molecular weight is 104 g/mol. The van der Waals surface area contributed by atoms with Gasteiger partial charge in [-0.3, -0.25) is 0 Å². The summed E-state index contributed by atoms with van der Waals surface area (Å²) in [6.45, 7) is 5.45. The number of halogens is 1. The Morgan fingerprint density at radius 2 is 2.50 bits per heavy atom. The number of allylic oxidation sites excluding steroid dienone is 2. The van der Waals surface area contributed by atoms with Crippen LogP contribution in [0.25, 0.3) is 0 Å². The van der Waals surface area contributed by atoms with Gasteiger partial charge in [0.25, 0.3) is 0 Å². The van der Waals surface area contributed by atoms with E-state index in [-0.39, 0.29) is 0 Å². The van der Waals surface area contributed by atoms with Gasteiger partial charge in [-0.1, -0.05) is 11.6 Å². The van der Waals surface area contributed by atoms with Gasteiger partial charge in [-0.2, -0.15) is 0 Å². The van der Waals surface area contributed by atoms with E-state index in [9.17, 15) is 0 Å². The van der Waals surface area contributed by atoms with Crippen LogP contribution in [-0.2, 0) is 0 Å². The van der Waals surface area contributed by atoms with Gasteiger partial charge in [0.2, 0.25) is 0 Å². The molecule has 0 atom stereocenters. The van der Waals surface area contributed by atoms with Gasteiger partial charge >= 0.3 is 0 Å². The van der Waals surface area contributed by atoms with Crippen molar-refractivity contribution in [3.63, 3.8) is 0 Å². The maximum atomic E-state index is 5.34. The van der Waals surface area contributed by atoms with Crippen molar-refractivity contribution in [1.82, 2.24) is 0 Å². The predicted octanol–water partition coefficient (Wildman–Crippen LogP) is 2.01. The highest BCUT2D eigenvalue weighted by atomic mass is 35.5. The van der Waals surface area contributed by atoms with Crippen LogP contribution in [0.2, 0.25) is 0 Å². The minimum absolute atomic E-state index is 0.601. The molecule has 0 aromatic heterocycles. The smallest absolute Gasteiger partial charge is 0.0430 e. The van der Waals surface area contributed by atoms with Gasteiger partial charge in [-0.05, 0) is 13.8 Å². The lowest BCUT2D eigenvalue weighted by molar-refractivity contribution is 1.40. The molecule has 35 valence electrons. The van der Waals surface area contributed by atoms with Crippen molar-refractivity contribution in [3.05, 3.63) is 18.6 Å². The molecular formula is C5H8Cl. The molecule has 0 unspecified atom stereocenters. The molecule has 0 aliphatic heterocycles. The molecule has 0 amide bonds. The first-order valence-corrected chi connectivity index (χ1v) is 2.35. The highest BCUT2D eigenvalue weighted by Gasteiger charge is 1.75. The van der Waals surface area contributed by atoms with Crippen LogP contribution < -0.4 is 0 Å². The summed E-state index contributed by atoms with van der Waals surface area (Å²) in [5, 5.41) is 0. The van der Waals surface area contributed by atoms with Crippen molar-refractivity contribution >= 4 is 11.6 Å². The topological polar surface area (TPSA) is 0 Å². The monoisotopic (exact) mass is 103 g/mol. The number of hydrogen-bond donors (Lipinski definition) is 0. The predicted molar refractivity (Wildman–Crippen MR) is 29.8 cm³/mol. The lowest BCUT2D eigenvalue weighted by Crippen LogP contribution is -1.70. The molecule has 0 saturated carbocycles. The Morgan fingerprint density at radius 1 is 2.00 bits per heavy atom. The van der Waals surface area contributed by atoms with Crippen LogP contribution in [0.15, 0.2) is 11.6 Å². The SMILES string of the molecule is [CH2]C=C(C)CCl. The van der Waals surface area contributed by atoms with Gasteiger partial charge in [-0.15, -0.1) is 11.6 Å². The van der Waals surface area contributed by atoms with E-state index in [1.54, 1.807) is 6.08 Å². The normalized spacial score (nSPS) is 12.2. The van der Waals surface area contributed by atoms with Crippen LogP contribution in [0.4, 0.5) is 0 Å². The van der Waals surface area contributed by atoms with Crippen LogP contribution in [0.3, 0.4) is 0 Å². The summed E-state index contributed by atoms with van der Waals surface area (Å²) in [5.74, 6) is 0.601. The molecule has 0 bridgehead atoms. The van der Waals surface area contributed by atoms with E-state index in [1.165, 1.54) is 0 Å². The average Bonchev–Trinajstić information content (AvgIpc) is 1.65. The highest BCUT2D eigenvalue weighted by molar-refractivity contribution is 6.19. The first-order chi connectivity index (χ1) is 2.81. The van der Waals surface area contributed by atoms with Crippen molar-refractivity contribution in [3.8, 4) is 0 Å². The molecule has 1 radical (unpaired) electrons. The summed E-state index contributed by atoms with van der Waals surface area (Å²) in [5.41, 5.74) is 1.12. The molecule has 6 heavy (non-hydrogen) atoms. The standard InChI is InChI=1S/C5H8Cl/c1-3-5(2)4-6/h3H,1,4H2,2H3. The Morgan fingerprint density at radius 3 is 2.50 bits per heavy atom. The van der Waals surface area contributed by atoms with Crippen LogP contribution in [0.5, 0.6) is 0 Å². The van der Waals surface area contributed by atoms with Gasteiger partial charge in [0.1, 0.15) is 0 Å². The molecule has 0 nitrogen and oxygen atoms in total. The second-order valence-electron chi connectivity index (χ2n) is 1.18. The first kappa shape index (κ1) is 6.03. The second kappa shape index (κ2) is 3.23.